The van der Waals surface area contributed by atoms with Crippen molar-refractivity contribution in [2.45, 2.75) is 17.8 Å². The lowest BCUT2D eigenvalue weighted by Crippen LogP contribution is -2.01. The zero-order valence-electron chi connectivity index (χ0n) is 15.0. The van der Waals surface area contributed by atoms with Crippen LogP contribution in [-0.2, 0) is 5.75 Å². The largest absolute Gasteiger partial charge is 0.287 e. The van der Waals surface area contributed by atoms with Crippen LogP contribution in [0.25, 0.3) is 16.9 Å². The number of halogens is 1. The maximum atomic E-state index is 13.1. The number of hydrogen-bond acceptors (Lipinski definition) is 2. The SMILES string of the molecule is Cc1ccccc1-n1c(-c2ccccc2)cnc1SCc1ccc(F)cc1. The van der Waals surface area contributed by atoms with Gasteiger partial charge >= 0.3 is 0 Å². The van der Waals surface area contributed by atoms with E-state index in [0.29, 0.717) is 0 Å². The Morgan fingerprint density at radius 3 is 2.33 bits per heavy atom. The van der Waals surface area contributed by atoms with Crippen molar-refractivity contribution >= 4 is 11.8 Å². The topological polar surface area (TPSA) is 17.8 Å². The molecule has 4 rings (SSSR count). The van der Waals surface area contributed by atoms with E-state index in [1.807, 2.05) is 48.7 Å². The van der Waals surface area contributed by atoms with E-state index < -0.39 is 0 Å². The fourth-order valence-corrected chi connectivity index (χ4v) is 3.97. The van der Waals surface area contributed by atoms with Crippen LogP contribution in [0.4, 0.5) is 4.39 Å². The third-order valence-electron chi connectivity index (χ3n) is 4.44. The molecule has 27 heavy (non-hydrogen) atoms. The van der Waals surface area contributed by atoms with Crippen LogP contribution in [-0.4, -0.2) is 9.55 Å². The van der Waals surface area contributed by atoms with E-state index in [0.717, 1.165) is 33.4 Å². The molecule has 4 aromatic rings. The van der Waals surface area contributed by atoms with Crippen molar-refractivity contribution in [3.63, 3.8) is 0 Å². The van der Waals surface area contributed by atoms with Crippen LogP contribution in [0.5, 0.6) is 0 Å². The molecular weight excluding hydrogens is 355 g/mol. The number of aryl methyl sites for hydroxylation is 1. The zero-order chi connectivity index (χ0) is 18.6. The fraction of sp³-hybridized carbons (Fsp3) is 0.0870. The van der Waals surface area contributed by atoms with Gasteiger partial charge in [-0.1, -0.05) is 72.4 Å². The van der Waals surface area contributed by atoms with Gasteiger partial charge in [-0.2, -0.15) is 0 Å². The summed E-state index contributed by atoms with van der Waals surface area (Å²) in [4.78, 5) is 4.69. The number of hydrogen-bond donors (Lipinski definition) is 0. The van der Waals surface area contributed by atoms with Gasteiger partial charge in [-0.05, 0) is 36.2 Å². The molecule has 0 amide bonds. The summed E-state index contributed by atoms with van der Waals surface area (Å²) >= 11 is 1.65. The molecule has 0 atom stereocenters. The molecule has 0 fully saturated rings. The first-order chi connectivity index (χ1) is 13.2. The Morgan fingerprint density at radius 2 is 1.59 bits per heavy atom. The molecule has 0 aliphatic heterocycles. The molecule has 4 heteroatoms. The number of imidazole rings is 1. The van der Waals surface area contributed by atoms with Gasteiger partial charge in [-0.25, -0.2) is 9.37 Å². The summed E-state index contributed by atoms with van der Waals surface area (Å²) in [7, 11) is 0. The Bertz CT molecular complexity index is 1040. The van der Waals surface area contributed by atoms with E-state index in [1.54, 1.807) is 11.8 Å². The second kappa shape index (κ2) is 7.80. The molecular formula is C23H19FN2S. The third kappa shape index (κ3) is 3.81. The summed E-state index contributed by atoms with van der Waals surface area (Å²) in [5.41, 5.74) is 5.57. The van der Waals surface area contributed by atoms with Gasteiger partial charge in [0.15, 0.2) is 5.16 Å². The highest BCUT2D eigenvalue weighted by Crippen LogP contribution is 2.32. The van der Waals surface area contributed by atoms with Gasteiger partial charge in [-0.3, -0.25) is 4.57 Å². The smallest absolute Gasteiger partial charge is 0.173 e. The summed E-state index contributed by atoms with van der Waals surface area (Å²) in [6, 6.07) is 25.2. The van der Waals surface area contributed by atoms with Gasteiger partial charge in [0.2, 0.25) is 0 Å². The monoisotopic (exact) mass is 374 g/mol. The second-order valence-electron chi connectivity index (χ2n) is 6.33. The predicted molar refractivity (Wildman–Crippen MR) is 110 cm³/mol. The van der Waals surface area contributed by atoms with Crippen molar-refractivity contribution in [2.75, 3.05) is 0 Å². The summed E-state index contributed by atoms with van der Waals surface area (Å²) < 4.78 is 15.4. The van der Waals surface area contributed by atoms with Crippen LogP contribution >= 0.6 is 11.8 Å². The van der Waals surface area contributed by atoms with E-state index in [-0.39, 0.29) is 5.82 Å². The lowest BCUT2D eigenvalue weighted by molar-refractivity contribution is 0.627. The van der Waals surface area contributed by atoms with Gasteiger partial charge in [0.1, 0.15) is 5.82 Å². The zero-order valence-corrected chi connectivity index (χ0v) is 15.8. The third-order valence-corrected chi connectivity index (χ3v) is 5.46. The standard InChI is InChI=1S/C23H19FN2S/c1-17-7-5-6-10-21(17)26-22(19-8-3-2-4-9-19)15-25-23(26)27-16-18-11-13-20(24)14-12-18/h2-15H,16H2,1H3. The Kier molecular flexibility index (Phi) is 5.07. The highest BCUT2D eigenvalue weighted by atomic mass is 32.2. The van der Waals surface area contributed by atoms with Gasteiger partial charge in [0.25, 0.3) is 0 Å². The number of rotatable bonds is 5. The molecule has 0 radical (unpaired) electrons. The van der Waals surface area contributed by atoms with Gasteiger partial charge < -0.3 is 0 Å². The lowest BCUT2D eigenvalue weighted by atomic mass is 10.1. The van der Waals surface area contributed by atoms with Crippen molar-refractivity contribution in [1.82, 2.24) is 9.55 Å². The van der Waals surface area contributed by atoms with Crippen molar-refractivity contribution < 1.29 is 4.39 Å². The average Bonchev–Trinajstić information content (AvgIpc) is 3.12. The maximum absolute atomic E-state index is 13.1. The van der Waals surface area contributed by atoms with Crippen molar-refractivity contribution in [3.05, 3.63) is 102 Å². The summed E-state index contributed by atoms with van der Waals surface area (Å²) in [6.45, 7) is 2.11. The lowest BCUT2D eigenvalue weighted by Gasteiger charge is -2.14. The highest BCUT2D eigenvalue weighted by molar-refractivity contribution is 7.98. The number of nitrogens with zero attached hydrogens (tertiary/aromatic N) is 2. The van der Waals surface area contributed by atoms with Crippen molar-refractivity contribution in [2.24, 2.45) is 0 Å². The van der Waals surface area contributed by atoms with Crippen molar-refractivity contribution in [1.29, 1.82) is 0 Å². The fourth-order valence-electron chi connectivity index (χ4n) is 3.02. The van der Waals surface area contributed by atoms with E-state index >= 15 is 0 Å². The summed E-state index contributed by atoms with van der Waals surface area (Å²) in [6.07, 6.45) is 1.93. The van der Waals surface area contributed by atoms with E-state index in [9.17, 15) is 4.39 Å². The number of aromatic nitrogens is 2. The van der Waals surface area contributed by atoms with E-state index in [4.69, 9.17) is 4.98 Å². The minimum absolute atomic E-state index is 0.212. The first-order valence-corrected chi connectivity index (χ1v) is 9.77. The first kappa shape index (κ1) is 17.6. The number of benzene rings is 3. The molecule has 0 saturated carbocycles. The van der Waals surface area contributed by atoms with Crippen LogP contribution in [0.1, 0.15) is 11.1 Å². The molecule has 3 aromatic carbocycles. The minimum Gasteiger partial charge on any atom is -0.287 e. The summed E-state index contributed by atoms with van der Waals surface area (Å²) in [5, 5.41) is 0.924. The number of para-hydroxylation sites is 1. The average molecular weight is 374 g/mol. The van der Waals surface area contributed by atoms with E-state index in [2.05, 4.69) is 35.8 Å². The van der Waals surface area contributed by atoms with Crippen LogP contribution in [0.15, 0.2) is 90.2 Å². The molecule has 0 aliphatic carbocycles. The molecule has 1 aromatic heterocycles. The molecule has 134 valence electrons. The molecule has 0 saturated heterocycles. The highest BCUT2D eigenvalue weighted by Gasteiger charge is 2.15. The predicted octanol–water partition coefficient (Wildman–Crippen LogP) is 6.28. The van der Waals surface area contributed by atoms with E-state index in [1.165, 1.54) is 17.7 Å². The van der Waals surface area contributed by atoms with Crippen LogP contribution in [0, 0.1) is 12.7 Å². The van der Waals surface area contributed by atoms with Gasteiger partial charge in [0, 0.05) is 11.3 Å². The quantitative estimate of drug-likeness (QED) is 0.383. The molecule has 0 bridgehead atoms. The van der Waals surface area contributed by atoms with Crippen LogP contribution < -0.4 is 0 Å². The Hall–Kier alpha value is -2.85. The molecule has 0 spiro atoms. The molecule has 0 aliphatic rings. The normalized spacial score (nSPS) is 10.9. The summed E-state index contributed by atoms with van der Waals surface area (Å²) in [5.74, 6) is 0.522. The minimum atomic E-state index is -0.212. The second-order valence-corrected chi connectivity index (χ2v) is 7.27. The molecule has 1 heterocycles. The first-order valence-electron chi connectivity index (χ1n) is 8.79. The number of thioether (sulfide) groups is 1. The Morgan fingerprint density at radius 1 is 0.889 bits per heavy atom. The van der Waals surface area contributed by atoms with Gasteiger partial charge in [0.05, 0.1) is 17.6 Å². The molecule has 2 nitrogen and oxygen atoms in total. The molecule has 0 N–H and O–H groups in total. The van der Waals surface area contributed by atoms with Crippen LogP contribution in [0.2, 0.25) is 0 Å². The molecule has 0 unspecified atom stereocenters. The van der Waals surface area contributed by atoms with Crippen LogP contribution in [0.3, 0.4) is 0 Å². The Balaban J connectivity index is 1.74. The maximum Gasteiger partial charge on any atom is 0.173 e. The van der Waals surface area contributed by atoms with Crippen molar-refractivity contribution in [3.8, 4) is 16.9 Å². The van der Waals surface area contributed by atoms with Gasteiger partial charge in [-0.15, -0.1) is 0 Å². The Labute approximate surface area is 162 Å².